The van der Waals surface area contributed by atoms with Crippen LogP contribution >= 0.6 is 7.14 Å². The number of hydrogen-bond donors (Lipinski definition) is 1. The van der Waals surface area contributed by atoms with Crippen LogP contribution in [0.1, 0.15) is 6.42 Å². The van der Waals surface area contributed by atoms with Crippen molar-refractivity contribution in [3.05, 3.63) is 72.6 Å². The van der Waals surface area contributed by atoms with E-state index < -0.39 is 7.14 Å². The van der Waals surface area contributed by atoms with Crippen LogP contribution in [0.5, 0.6) is 0 Å². The number of hydrogen-bond acceptors (Lipinski definition) is 2. The monoisotopic (exact) mass is 272 g/mol. The molecule has 0 fully saturated rings. The van der Waals surface area contributed by atoms with Crippen LogP contribution in [0.15, 0.2) is 72.6 Å². The lowest BCUT2D eigenvalue weighted by Gasteiger charge is -2.15. The van der Waals surface area contributed by atoms with Crippen LogP contribution in [-0.4, -0.2) is 11.7 Å². The van der Waals surface area contributed by atoms with Crippen LogP contribution in [0.25, 0.3) is 0 Å². The van der Waals surface area contributed by atoms with Crippen molar-refractivity contribution >= 4 is 17.8 Å². The second-order valence-corrected chi connectivity index (χ2v) is 6.87. The van der Waals surface area contributed by atoms with E-state index in [9.17, 15) is 4.57 Å². The maximum Gasteiger partial charge on any atom is 0.163 e. The molecule has 0 radical (unpaired) electrons. The van der Waals surface area contributed by atoms with Gasteiger partial charge in [-0.2, -0.15) is 0 Å². The quantitative estimate of drug-likeness (QED) is 0.850. The van der Waals surface area contributed by atoms with Crippen molar-refractivity contribution in [1.29, 1.82) is 0 Å². The van der Waals surface area contributed by atoms with Gasteiger partial charge in [0.25, 0.3) is 0 Å². The maximum absolute atomic E-state index is 13.3. The summed E-state index contributed by atoms with van der Waals surface area (Å²) in [4.78, 5) is 0. The summed E-state index contributed by atoms with van der Waals surface area (Å²) in [6.07, 6.45) is 2.31. The third kappa shape index (κ3) is 3.23. The van der Waals surface area contributed by atoms with Gasteiger partial charge in [-0.25, -0.2) is 0 Å². The summed E-state index contributed by atoms with van der Waals surface area (Å²) >= 11 is 0. The van der Waals surface area contributed by atoms with E-state index in [0.717, 1.165) is 10.6 Å². The predicted molar refractivity (Wildman–Crippen MR) is 80.6 cm³/mol. The lowest BCUT2D eigenvalue weighted by Crippen LogP contribution is -2.13. The molecule has 0 aliphatic carbocycles. The Morgan fingerprint density at radius 3 is 1.79 bits per heavy atom. The highest BCUT2D eigenvalue weighted by Crippen LogP contribution is 2.44. The summed E-state index contributed by atoms with van der Waals surface area (Å²) in [6, 6.07) is 18.9. The highest BCUT2D eigenvalue weighted by Gasteiger charge is 2.23. The molecule has 0 spiro atoms. The molecule has 0 heterocycles. The molecule has 2 rings (SSSR count). The van der Waals surface area contributed by atoms with Crippen LogP contribution in [0.4, 0.5) is 0 Å². The minimum absolute atomic E-state index is 0.0695. The first-order chi connectivity index (χ1) is 9.27. The Kier molecular flexibility index (Phi) is 4.73. The van der Waals surface area contributed by atoms with E-state index in [1.54, 1.807) is 11.9 Å². The summed E-state index contributed by atoms with van der Waals surface area (Å²) in [5.41, 5.74) is 0. The Bertz CT molecular complexity index is 533. The normalized spacial score (nSPS) is 11.8. The molecular weight excluding hydrogens is 255 g/mol. The van der Waals surface area contributed by atoms with Gasteiger partial charge in [0.05, 0.1) is 0 Å². The van der Waals surface area contributed by atoms with E-state index in [1.807, 2.05) is 60.7 Å². The van der Waals surface area contributed by atoms with Gasteiger partial charge in [0, 0.05) is 17.2 Å². The number of aliphatic hydroxyl groups excluding tert-OH is 1. The smallest absolute Gasteiger partial charge is 0.163 e. The standard InChI is InChI=1S/C16H17O2P/c17-13-7-8-14-19(18,15-9-3-1-4-10-15)16-11-5-2-6-12-16/h1-6,8-12,14,17H,7,13H2/b14-8+. The van der Waals surface area contributed by atoms with E-state index in [4.69, 9.17) is 5.11 Å². The minimum Gasteiger partial charge on any atom is -0.396 e. The molecule has 1 N–H and O–H groups in total. The zero-order chi connectivity index (χ0) is 13.6. The summed E-state index contributed by atoms with van der Waals surface area (Å²) in [7, 11) is -2.75. The fourth-order valence-electron chi connectivity index (χ4n) is 1.92. The highest BCUT2D eigenvalue weighted by molar-refractivity contribution is 7.81. The Morgan fingerprint density at radius 2 is 1.37 bits per heavy atom. The van der Waals surface area contributed by atoms with Crippen LogP contribution < -0.4 is 10.6 Å². The molecule has 0 aliphatic heterocycles. The van der Waals surface area contributed by atoms with Gasteiger partial charge >= 0.3 is 0 Å². The summed E-state index contributed by atoms with van der Waals surface area (Å²) in [5.74, 6) is 1.74. The molecule has 0 aliphatic rings. The first-order valence-corrected chi connectivity index (χ1v) is 8.04. The van der Waals surface area contributed by atoms with Gasteiger partial charge in [0.1, 0.15) is 0 Å². The fraction of sp³-hybridized carbons (Fsp3) is 0.125. The van der Waals surface area contributed by atoms with Crippen molar-refractivity contribution in [2.45, 2.75) is 6.42 Å². The molecule has 0 aromatic heterocycles. The lowest BCUT2D eigenvalue weighted by molar-refractivity contribution is 0.302. The Morgan fingerprint density at radius 1 is 0.895 bits per heavy atom. The molecule has 0 bridgehead atoms. The van der Waals surface area contributed by atoms with Crippen LogP contribution in [0.2, 0.25) is 0 Å². The first-order valence-electron chi connectivity index (χ1n) is 6.27. The van der Waals surface area contributed by atoms with Gasteiger partial charge in [-0.05, 0) is 12.2 Å². The molecular formula is C16H17O2P. The summed E-state index contributed by atoms with van der Waals surface area (Å²) in [6.45, 7) is 0.0695. The molecule has 0 saturated heterocycles. The second kappa shape index (κ2) is 6.51. The fourth-order valence-corrected chi connectivity index (χ4v) is 4.24. The van der Waals surface area contributed by atoms with Crippen LogP contribution in [0, 0.1) is 0 Å². The average Bonchev–Trinajstić information content (AvgIpc) is 2.49. The zero-order valence-corrected chi connectivity index (χ0v) is 11.5. The molecule has 0 atom stereocenters. The van der Waals surface area contributed by atoms with E-state index >= 15 is 0 Å². The molecule has 2 aromatic carbocycles. The van der Waals surface area contributed by atoms with E-state index in [0.29, 0.717) is 6.42 Å². The SMILES string of the molecule is O=P(/C=C/CCO)(c1ccccc1)c1ccccc1. The van der Waals surface area contributed by atoms with E-state index in [-0.39, 0.29) is 6.61 Å². The van der Waals surface area contributed by atoms with E-state index in [1.165, 1.54) is 0 Å². The largest absolute Gasteiger partial charge is 0.396 e. The summed E-state index contributed by atoms with van der Waals surface area (Å²) < 4.78 is 13.3. The zero-order valence-electron chi connectivity index (χ0n) is 10.6. The third-order valence-corrected chi connectivity index (χ3v) is 5.65. The van der Waals surface area contributed by atoms with E-state index in [2.05, 4.69) is 0 Å². The maximum atomic E-state index is 13.3. The Balaban J connectivity index is 2.48. The topological polar surface area (TPSA) is 37.3 Å². The van der Waals surface area contributed by atoms with Gasteiger partial charge in [0.2, 0.25) is 0 Å². The minimum atomic E-state index is -2.75. The summed E-state index contributed by atoms with van der Waals surface area (Å²) in [5, 5.41) is 10.5. The van der Waals surface area contributed by atoms with Crippen molar-refractivity contribution in [2.75, 3.05) is 6.61 Å². The van der Waals surface area contributed by atoms with Crippen molar-refractivity contribution in [3.8, 4) is 0 Å². The first kappa shape index (κ1) is 13.8. The molecule has 0 amide bonds. The second-order valence-electron chi connectivity index (χ2n) is 4.23. The van der Waals surface area contributed by atoms with Gasteiger partial charge < -0.3 is 9.67 Å². The van der Waals surface area contributed by atoms with Crippen molar-refractivity contribution in [2.24, 2.45) is 0 Å². The van der Waals surface area contributed by atoms with Gasteiger partial charge in [-0.15, -0.1) is 0 Å². The van der Waals surface area contributed by atoms with Crippen molar-refractivity contribution in [3.63, 3.8) is 0 Å². The van der Waals surface area contributed by atoms with Gasteiger partial charge in [0.15, 0.2) is 7.14 Å². The van der Waals surface area contributed by atoms with Crippen molar-refractivity contribution < 1.29 is 9.67 Å². The number of rotatable bonds is 5. The molecule has 19 heavy (non-hydrogen) atoms. The Hall–Kier alpha value is -1.63. The molecule has 2 aromatic rings. The number of aliphatic hydroxyl groups is 1. The van der Waals surface area contributed by atoms with Crippen LogP contribution in [0.3, 0.4) is 0 Å². The highest BCUT2D eigenvalue weighted by atomic mass is 31.2. The predicted octanol–water partition coefficient (Wildman–Crippen LogP) is 2.90. The third-order valence-electron chi connectivity index (χ3n) is 2.89. The molecule has 98 valence electrons. The number of benzene rings is 2. The molecule has 2 nitrogen and oxygen atoms in total. The van der Waals surface area contributed by atoms with Crippen molar-refractivity contribution in [1.82, 2.24) is 0 Å². The Labute approximate surface area is 113 Å². The average molecular weight is 272 g/mol. The molecule has 0 unspecified atom stereocenters. The van der Waals surface area contributed by atoms with Gasteiger partial charge in [-0.3, -0.25) is 0 Å². The van der Waals surface area contributed by atoms with Crippen LogP contribution in [-0.2, 0) is 4.57 Å². The van der Waals surface area contributed by atoms with Gasteiger partial charge in [-0.1, -0.05) is 66.7 Å². The molecule has 3 heteroatoms. The lowest BCUT2D eigenvalue weighted by atomic mass is 10.4. The molecule has 0 saturated carbocycles.